The second-order valence-corrected chi connectivity index (χ2v) is 7.87. The molecular formula is C22H31N3O5. The Kier molecular flexibility index (Phi) is 7.68. The van der Waals surface area contributed by atoms with Crippen LogP contribution >= 0.6 is 0 Å². The van der Waals surface area contributed by atoms with E-state index in [1.54, 1.807) is 36.3 Å². The van der Waals surface area contributed by atoms with Crippen LogP contribution in [-0.4, -0.2) is 80.6 Å². The normalized spacial score (nSPS) is 18.2. The topological polar surface area (TPSA) is 88.2 Å². The quantitative estimate of drug-likeness (QED) is 0.723. The third-order valence-electron chi connectivity index (χ3n) is 5.93. The van der Waals surface area contributed by atoms with Gasteiger partial charge in [-0.15, -0.1) is 0 Å². The van der Waals surface area contributed by atoms with Gasteiger partial charge in [-0.05, 0) is 49.8 Å². The lowest BCUT2D eigenvalue weighted by Gasteiger charge is -2.37. The summed E-state index contributed by atoms with van der Waals surface area (Å²) in [6.45, 7) is 2.65. The van der Waals surface area contributed by atoms with E-state index in [-0.39, 0.29) is 30.2 Å². The molecule has 1 N–H and O–H groups in total. The highest BCUT2D eigenvalue weighted by molar-refractivity contribution is 5.98. The van der Waals surface area contributed by atoms with Gasteiger partial charge in [0.25, 0.3) is 5.91 Å². The van der Waals surface area contributed by atoms with Gasteiger partial charge in [0.2, 0.25) is 11.8 Å². The molecule has 0 aliphatic carbocycles. The average molecular weight is 418 g/mol. The predicted octanol–water partition coefficient (Wildman–Crippen LogP) is 1.30. The number of nitrogens with zero attached hydrogens (tertiary/aromatic N) is 2. The fourth-order valence-corrected chi connectivity index (χ4v) is 4.20. The van der Waals surface area contributed by atoms with Crippen LogP contribution in [0.2, 0.25) is 0 Å². The lowest BCUT2D eigenvalue weighted by atomic mass is 9.88. The number of benzene rings is 1. The number of methoxy groups -OCH3 is 2. The van der Waals surface area contributed by atoms with Crippen molar-refractivity contribution in [3.05, 3.63) is 29.8 Å². The van der Waals surface area contributed by atoms with E-state index < -0.39 is 6.04 Å². The number of carbonyl (C=O) groups is 3. The van der Waals surface area contributed by atoms with E-state index in [1.165, 1.54) is 7.11 Å². The molecule has 164 valence electrons. The van der Waals surface area contributed by atoms with Crippen LogP contribution in [0.3, 0.4) is 0 Å². The van der Waals surface area contributed by atoms with Crippen molar-refractivity contribution in [1.29, 1.82) is 0 Å². The van der Waals surface area contributed by atoms with E-state index in [4.69, 9.17) is 9.47 Å². The molecule has 3 rings (SSSR count). The number of likely N-dealkylation sites (tertiary alicyclic amines) is 2. The van der Waals surface area contributed by atoms with Crippen LogP contribution in [0.1, 0.15) is 36.0 Å². The van der Waals surface area contributed by atoms with Gasteiger partial charge in [0, 0.05) is 38.9 Å². The second kappa shape index (κ2) is 10.4. The van der Waals surface area contributed by atoms with Crippen LogP contribution in [0, 0.1) is 5.92 Å². The van der Waals surface area contributed by atoms with E-state index in [1.807, 2.05) is 4.90 Å². The van der Waals surface area contributed by atoms with E-state index in [0.29, 0.717) is 37.2 Å². The van der Waals surface area contributed by atoms with Gasteiger partial charge in [-0.3, -0.25) is 14.4 Å². The first-order valence-corrected chi connectivity index (χ1v) is 10.5. The molecule has 0 saturated carbocycles. The lowest BCUT2D eigenvalue weighted by molar-refractivity contribution is -0.137. The van der Waals surface area contributed by atoms with Crippen molar-refractivity contribution < 1.29 is 23.9 Å². The Labute approximate surface area is 177 Å². The molecule has 0 unspecified atom stereocenters. The molecule has 8 nitrogen and oxygen atoms in total. The number of hydrogen-bond acceptors (Lipinski definition) is 5. The molecule has 2 aliphatic heterocycles. The molecule has 2 saturated heterocycles. The molecule has 2 fully saturated rings. The molecule has 0 aromatic heterocycles. The molecule has 1 aromatic carbocycles. The molecule has 3 amide bonds. The Bertz CT molecular complexity index is 755. The van der Waals surface area contributed by atoms with Crippen molar-refractivity contribution in [3.63, 3.8) is 0 Å². The first-order valence-electron chi connectivity index (χ1n) is 10.5. The van der Waals surface area contributed by atoms with Gasteiger partial charge >= 0.3 is 0 Å². The molecule has 0 bridgehead atoms. The standard InChI is InChI=1S/C22H31N3O5/c1-29-15-19(26)24-12-8-16(9-13-24)20(22(28)25-10-3-4-11-25)23-21(27)17-6-5-7-18(14-17)30-2/h5-7,14,16,20H,3-4,8-13,15H2,1-2H3,(H,23,27)/t20-/m0/s1. The summed E-state index contributed by atoms with van der Waals surface area (Å²) in [6, 6.07) is 6.31. The third-order valence-corrected chi connectivity index (χ3v) is 5.93. The number of rotatable bonds is 7. The molecule has 2 aliphatic rings. The minimum absolute atomic E-state index is 0.0146. The van der Waals surface area contributed by atoms with Crippen molar-refractivity contribution in [2.45, 2.75) is 31.7 Å². The SMILES string of the molecule is COCC(=O)N1CCC([C@H](NC(=O)c2cccc(OC)c2)C(=O)N2CCCC2)CC1. The summed E-state index contributed by atoms with van der Waals surface area (Å²) in [4.78, 5) is 41.9. The maximum Gasteiger partial charge on any atom is 0.252 e. The maximum atomic E-state index is 13.2. The number of piperidine rings is 1. The van der Waals surface area contributed by atoms with Crippen molar-refractivity contribution in [2.75, 3.05) is 47.0 Å². The van der Waals surface area contributed by atoms with E-state index >= 15 is 0 Å². The van der Waals surface area contributed by atoms with Crippen molar-refractivity contribution in [1.82, 2.24) is 15.1 Å². The smallest absolute Gasteiger partial charge is 0.252 e. The van der Waals surface area contributed by atoms with Gasteiger partial charge in [0.1, 0.15) is 18.4 Å². The second-order valence-electron chi connectivity index (χ2n) is 7.87. The minimum Gasteiger partial charge on any atom is -0.497 e. The summed E-state index contributed by atoms with van der Waals surface area (Å²) in [5, 5.41) is 2.99. The minimum atomic E-state index is -0.596. The molecular weight excluding hydrogens is 386 g/mol. The number of ether oxygens (including phenoxy) is 2. The zero-order chi connectivity index (χ0) is 21.5. The summed E-state index contributed by atoms with van der Waals surface area (Å²) >= 11 is 0. The highest BCUT2D eigenvalue weighted by Crippen LogP contribution is 2.24. The Balaban J connectivity index is 1.71. The summed E-state index contributed by atoms with van der Waals surface area (Å²) in [5.41, 5.74) is 0.460. The van der Waals surface area contributed by atoms with Crippen LogP contribution in [0.4, 0.5) is 0 Å². The zero-order valence-corrected chi connectivity index (χ0v) is 17.8. The van der Waals surface area contributed by atoms with E-state index in [9.17, 15) is 14.4 Å². The summed E-state index contributed by atoms with van der Waals surface area (Å²) in [5.74, 6) is 0.225. The number of amides is 3. The predicted molar refractivity (Wildman–Crippen MR) is 111 cm³/mol. The van der Waals surface area contributed by atoms with Crippen molar-refractivity contribution >= 4 is 17.7 Å². The van der Waals surface area contributed by atoms with Gasteiger partial charge in [-0.1, -0.05) is 6.07 Å². The Hall–Kier alpha value is -2.61. The van der Waals surface area contributed by atoms with E-state index in [0.717, 1.165) is 25.9 Å². The highest BCUT2D eigenvalue weighted by Gasteiger charge is 2.36. The first-order chi connectivity index (χ1) is 14.5. The fourth-order valence-electron chi connectivity index (χ4n) is 4.20. The summed E-state index contributed by atoms with van der Waals surface area (Å²) in [6.07, 6.45) is 3.31. The Morgan fingerprint density at radius 1 is 1.07 bits per heavy atom. The monoisotopic (exact) mass is 417 g/mol. The maximum absolute atomic E-state index is 13.2. The van der Waals surface area contributed by atoms with Crippen LogP contribution in [0.25, 0.3) is 0 Å². The molecule has 8 heteroatoms. The number of carbonyl (C=O) groups excluding carboxylic acids is 3. The molecule has 0 radical (unpaired) electrons. The molecule has 30 heavy (non-hydrogen) atoms. The highest BCUT2D eigenvalue weighted by atomic mass is 16.5. The molecule has 1 aromatic rings. The lowest BCUT2D eigenvalue weighted by Crippen LogP contribution is -2.54. The Morgan fingerprint density at radius 3 is 2.40 bits per heavy atom. The average Bonchev–Trinajstić information content (AvgIpc) is 3.32. The van der Waals surface area contributed by atoms with Crippen molar-refractivity contribution in [2.24, 2.45) is 5.92 Å². The largest absolute Gasteiger partial charge is 0.497 e. The van der Waals surface area contributed by atoms with Gasteiger partial charge < -0.3 is 24.6 Å². The summed E-state index contributed by atoms with van der Waals surface area (Å²) in [7, 11) is 3.05. The molecule has 2 heterocycles. The first kappa shape index (κ1) is 22.1. The van der Waals surface area contributed by atoms with Gasteiger partial charge in [0.05, 0.1) is 7.11 Å². The van der Waals surface area contributed by atoms with Crippen LogP contribution < -0.4 is 10.1 Å². The van der Waals surface area contributed by atoms with Crippen LogP contribution in [0.15, 0.2) is 24.3 Å². The molecule has 0 spiro atoms. The van der Waals surface area contributed by atoms with E-state index in [2.05, 4.69) is 5.32 Å². The van der Waals surface area contributed by atoms with Crippen molar-refractivity contribution in [3.8, 4) is 5.75 Å². The van der Waals surface area contributed by atoms with Crippen LogP contribution in [0.5, 0.6) is 5.75 Å². The van der Waals surface area contributed by atoms with Crippen LogP contribution in [-0.2, 0) is 14.3 Å². The number of nitrogens with one attached hydrogen (secondary N) is 1. The molecule has 1 atom stereocenters. The van der Waals surface area contributed by atoms with Gasteiger partial charge in [0.15, 0.2) is 0 Å². The third kappa shape index (κ3) is 5.30. The Morgan fingerprint density at radius 2 is 1.77 bits per heavy atom. The number of hydrogen-bond donors (Lipinski definition) is 1. The van der Waals surface area contributed by atoms with Gasteiger partial charge in [-0.25, -0.2) is 0 Å². The zero-order valence-electron chi connectivity index (χ0n) is 17.8. The summed E-state index contributed by atoms with van der Waals surface area (Å²) < 4.78 is 10.1. The van der Waals surface area contributed by atoms with Gasteiger partial charge in [-0.2, -0.15) is 0 Å². The fraction of sp³-hybridized carbons (Fsp3) is 0.591.